The maximum absolute atomic E-state index is 11.1. The summed E-state index contributed by atoms with van der Waals surface area (Å²) >= 11 is 0. The van der Waals surface area contributed by atoms with E-state index in [4.69, 9.17) is 9.47 Å². The molecule has 0 saturated heterocycles. The first-order chi connectivity index (χ1) is 12.0. The van der Waals surface area contributed by atoms with Crippen molar-refractivity contribution in [2.24, 2.45) is 0 Å². The number of ether oxygens (including phenoxy) is 2. The monoisotopic (exact) mass is 356 g/mol. The number of carbonyl (C=O) groups excluding carboxylic acids is 2. The molecule has 2 atom stereocenters. The van der Waals surface area contributed by atoms with E-state index in [2.05, 4.69) is 6.92 Å². The number of hydrogen-bond donors (Lipinski definition) is 0. The van der Waals surface area contributed by atoms with Crippen LogP contribution in [-0.4, -0.2) is 24.1 Å². The maximum Gasteiger partial charge on any atom is 0.302 e. The lowest BCUT2D eigenvalue weighted by Gasteiger charge is -2.16. The molecule has 0 aliphatic rings. The molecule has 0 radical (unpaired) electrons. The van der Waals surface area contributed by atoms with Crippen molar-refractivity contribution < 1.29 is 19.1 Å². The van der Waals surface area contributed by atoms with E-state index >= 15 is 0 Å². The van der Waals surface area contributed by atoms with Crippen LogP contribution in [0.3, 0.4) is 0 Å². The summed E-state index contributed by atoms with van der Waals surface area (Å²) in [7, 11) is 0. The van der Waals surface area contributed by atoms with Gasteiger partial charge in [-0.15, -0.1) is 0 Å². The van der Waals surface area contributed by atoms with Gasteiger partial charge in [0.1, 0.15) is 6.10 Å². The lowest BCUT2D eigenvalue weighted by molar-refractivity contribution is -0.147. The first kappa shape index (κ1) is 23.9. The molecule has 0 aromatic carbocycles. The average Bonchev–Trinajstić information content (AvgIpc) is 2.52. The van der Waals surface area contributed by atoms with E-state index in [-0.39, 0.29) is 24.1 Å². The maximum atomic E-state index is 11.1. The molecule has 148 valence electrons. The predicted octanol–water partition coefficient (Wildman–Crippen LogP) is 5.96. The van der Waals surface area contributed by atoms with Crippen molar-refractivity contribution in [2.45, 2.75) is 123 Å². The summed E-state index contributed by atoms with van der Waals surface area (Å²) in [5, 5.41) is 0. The topological polar surface area (TPSA) is 52.6 Å². The van der Waals surface area contributed by atoms with Gasteiger partial charge in [-0.05, 0) is 39.0 Å². The molecular formula is C21H40O4. The van der Waals surface area contributed by atoms with Gasteiger partial charge in [0.2, 0.25) is 0 Å². The van der Waals surface area contributed by atoms with E-state index in [9.17, 15) is 9.59 Å². The molecular weight excluding hydrogens is 316 g/mol. The first-order valence-electron chi connectivity index (χ1n) is 10.3. The van der Waals surface area contributed by atoms with E-state index < -0.39 is 0 Å². The van der Waals surface area contributed by atoms with Gasteiger partial charge in [-0.1, -0.05) is 58.3 Å². The molecule has 0 aliphatic heterocycles. The van der Waals surface area contributed by atoms with Crippen LogP contribution >= 0.6 is 0 Å². The number of hydrogen-bond acceptors (Lipinski definition) is 4. The van der Waals surface area contributed by atoms with E-state index in [1.807, 2.05) is 6.92 Å². The van der Waals surface area contributed by atoms with Crippen molar-refractivity contribution in [1.29, 1.82) is 0 Å². The fourth-order valence-electron chi connectivity index (χ4n) is 3.14. The van der Waals surface area contributed by atoms with Gasteiger partial charge in [0.15, 0.2) is 0 Å². The Labute approximate surface area is 155 Å². The molecule has 0 bridgehead atoms. The van der Waals surface area contributed by atoms with Gasteiger partial charge in [-0.25, -0.2) is 0 Å². The minimum Gasteiger partial charge on any atom is -0.463 e. The van der Waals surface area contributed by atoms with Crippen LogP contribution in [0.4, 0.5) is 0 Å². The van der Waals surface area contributed by atoms with Crippen molar-refractivity contribution in [1.82, 2.24) is 0 Å². The number of rotatable bonds is 16. The largest absolute Gasteiger partial charge is 0.463 e. The normalized spacial score (nSPS) is 13.3. The van der Waals surface area contributed by atoms with Gasteiger partial charge in [0, 0.05) is 13.8 Å². The molecule has 0 rings (SSSR count). The smallest absolute Gasteiger partial charge is 0.302 e. The first-order valence-corrected chi connectivity index (χ1v) is 10.3. The van der Waals surface area contributed by atoms with Crippen LogP contribution in [0.1, 0.15) is 111 Å². The van der Waals surface area contributed by atoms with Crippen molar-refractivity contribution in [3.8, 4) is 0 Å². The molecule has 2 unspecified atom stereocenters. The van der Waals surface area contributed by atoms with E-state index in [1.54, 1.807) is 0 Å². The van der Waals surface area contributed by atoms with Crippen molar-refractivity contribution in [3.63, 3.8) is 0 Å². The Bertz CT molecular complexity index is 341. The number of esters is 2. The highest BCUT2D eigenvalue weighted by atomic mass is 16.5. The number of carbonyl (C=O) groups is 2. The molecule has 0 aromatic rings. The van der Waals surface area contributed by atoms with Crippen molar-refractivity contribution in [3.05, 3.63) is 0 Å². The SMILES string of the molecule is CCCCC(CCCCCCCCCCC(C)OC(C)=O)OC(C)=O. The van der Waals surface area contributed by atoms with Crippen LogP contribution in [0, 0.1) is 0 Å². The molecule has 25 heavy (non-hydrogen) atoms. The molecule has 0 spiro atoms. The lowest BCUT2D eigenvalue weighted by atomic mass is 10.0. The van der Waals surface area contributed by atoms with E-state index in [0.717, 1.165) is 44.9 Å². The molecule has 0 N–H and O–H groups in total. The molecule has 0 heterocycles. The Morgan fingerprint density at radius 1 is 0.680 bits per heavy atom. The van der Waals surface area contributed by atoms with Crippen LogP contribution in [-0.2, 0) is 19.1 Å². The summed E-state index contributed by atoms with van der Waals surface area (Å²) < 4.78 is 10.5. The Balaban J connectivity index is 3.47. The summed E-state index contributed by atoms with van der Waals surface area (Å²) in [5.41, 5.74) is 0. The van der Waals surface area contributed by atoms with Crippen molar-refractivity contribution in [2.75, 3.05) is 0 Å². The Morgan fingerprint density at radius 2 is 1.12 bits per heavy atom. The average molecular weight is 357 g/mol. The highest BCUT2D eigenvalue weighted by molar-refractivity contribution is 5.66. The second kappa shape index (κ2) is 16.4. The second-order valence-corrected chi connectivity index (χ2v) is 7.20. The van der Waals surface area contributed by atoms with Gasteiger partial charge >= 0.3 is 11.9 Å². The quantitative estimate of drug-likeness (QED) is 0.253. The van der Waals surface area contributed by atoms with E-state index in [1.165, 1.54) is 52.4 Å². The van der Waals surface area contributed by atoms with Crippen LogP contribution in [0.2, 0.25) is 0 Å². The standard InChI is InChI=1S/C21H40O4/c1-5-6-16-21(25-20(4)23)17-14-12-10-8-7-9-11-13-15-18(2)24-19(3)22/h18,21H,5-17H2,1-4H3. The Hall–Kier alpha value is -1.06. The third kappa shape index (κ3) is 17.6. The zero-order chi connectivity index (χ0) is 18.9. The Morgan fingerprint density at radius 3 is 1.60 bits per heavy atom. The minimum atomic E-state index is -0.182. The highest BCUT2D eigenvalue weighted by Gasteiger charge is 2.11. The predicted molar refractivity (Wildman–Crippen MR) is 102 cm³/mol. The molecule has 0 aliphatic carbocycles. The molecule has 0 aromatic heterocycles. The summed E-state index contributed by atoms with van der Waals surface area (Å²) in [5.74, 6) is -0.331. The fourth-order valence-corrected chi connectivity index (χ4v) is 3.14. The third-order valence-corrected chi connectivity index (χ3v) is 4.47. The molecule has 4 heteroatoms. The Kier molecular flexibility index (Phi) is 15.7. The van der Waals surface area contributed by atoms with Crippen LogP contribution in [0.15, 0.2) is 0 Å². The van der Waals surface area contributed by atoms with Gasteiger partial charge in [0.25, 0.3) is 0 Å². The summed E-state index contributed by atoms with van der Waals surface area (Å²) in [6.07, 6.45) is 15.3. The van der Waals surface area contributed by atoms with Crippen LogP contribution < -0.4 is 0 Å². The van der Waals surface area contributed by atoms with Gasteiger partial charge in [-0.2, -0.15) is 0 Å². The summed E-state index contributed by atoms with van der Waals surface area (Å²) in [4.78, 5) is 21.9. The lowest BCUT2D eigenvalue weighted by Crippen LogP contribution is -2.16. The van der Waals surface area contributed by atoms with Crippen LogP contribution in [0.5, 0.6) is 0 Å². The van der Waals surface area contributed by atoms with Gasteiger partial charge in [-0.3, -0.25) is 9.59 Å². The van der Waals surface area contributed by atoms with Crippen LogP contribution in [0.25, 0.3) is 0 Å². The molecule has 4 nitrogen and oxygen atoms in total. The second-order valence-electron chi connectivity index (χ2n) is 7.20. The summed E-state index contributed by atoms with van der Waals surface area (Å²) in [6.45, 7) is 7.10. The summed E-state index contributed by atoms with van der Waals surface area (Å²) in [6, 6.07) is 0. The molecule has 0 fully saturated rings. The van der Waals surface area contributed by atoms with E-state index in [0.29, 0.717) is 0 Å². The highest BCUT2D eigenvalue weighted by Crippen LogP contribution is 2.16. The third-order valence-electron chi connectivity index (χ3n) is 4.47. The van der Waals surface area contributed by atoms with Crippen molar-refractivity contribution >= 4 is 11.9 Å². The molecule has 0 amide bonds. The zero-order valence-corrected chi connectivity index (χ0v) is 17.0. The van der Waals surface area contributed by atoms with Gasteiger partial charge in [0.05, 0.1) is 6.10 Å². The minimum absolute atomic E-state index is 0.0513. The zero-order valence-electron chi connectivity index (χ0n) is 17.0. The fraction of sp³-hybridized carbons (Fsp3) is 0.905. The van der Waals surface area contributed by atoms with Gasteiger partial charge < -0.3 is 9.47 Å². The molecule has 0 saturated carbocycles. The number of unbranched alkanes of at least 4 members (excludes halogenated alkanes) is 8.